The van der Waals surface area contributed by atoms with E-state index >= 15 is 0 Å². The molecule has 112 valence electrons. The zero-order chi connectivity index (χ0) is 13.2. The van der Waals surface area contributed by atoms with E-state index in [2.05, 4.69) is 0 Å². The molecule has 0 aromatic heterocycles. The Labute approximate surface area is 120 Å². The van der Waals surface area contributed by atoms with Crippen molar-refractivity contribution < 1.29 is 15.0 Å². The minimum absolute atomic E-state index is 0. The molecular formula is C13H25ClN2O3. The smallest absolute Gasteiger partial charge is 0.242 e. The molecule has 0 aromatic rings. The minimum Gasteiger partial charge on any atom is -0.394 e. The number of aliphatic hydroxyl groups excluding tert-OH is 2. The van der Waals surface area contributed by atoms with E-state index in [4.69, 9.17) is 10.8 Å². The number of likely N-dealkylation sites (tertiary alicyclic amines) is 1. The van der Waals surface area contributed by atoms with Crippen LogP contribution in [0.3, 0.4) is 0 Å². The Hall–Kier alpha value is -0.360. The first kappa shape index (κ1) is 16.7. The van der Waals surface area contributed by atoms with Crippen LogP contribution in [0.4, 0.5) is 0 Å². The lowest BCUT2D eigenvalue weighted by atomic mass is 9.89. The molecule has 1 unspecified atom stereocenters. The number of carbonyl (C=O) groups excluding carboxylic acids is 1. The number of piperidine rings is 1. The highest BCUT2D eigenvalue weighted by Gasteiger charge is 2.41. The van der Waals surface area contributed by atoms with Gasteiger partial charge in [0.25, 0.3) is 0 Å². The van der Waals surface area contributed by atoms with Crippen molar-refractivity contribution in [1.29, 1.82) is 0 Å². The Morgan fingerprint density at radius 2 is 1.84 bits per heavy atom. The highest BCUT2D eigenvalue weighted by molar-refractivity contribution is 5.86. The van der Waals surface area contributed by atoms with Crippen LogP contribution in [0.25, 0.3) is 0 Å². The molecule has 0 spiro atoms. The molecule has 1 saturated carbocycles. The molecule has 2 rings (SSSR count). The Balaban J connectivity index is 0.00000180. The van der Waals surface area contributed by atoms with E-state index in [0.717, 1.165) is 38.5 Å². The van der Waals surface area contributed by atoms with Crippen molar-refractivity contribution in [1.82, 2.24) is 4.90 Å². The molecule has 2 aliphatic rings. The third kappa shape index (κ3) is 3.60. The average Bonchev–Trinajstić information content (AvgIpc) is 2.85. The predicted octanol–water partition coefficient (Wildman–Crippen LogP) is 0.271. The van der Waals surface area contributed by atoms with E-state index in [9.17, 15) is 9.90 Å². The second-order valence-electron chi connectivity index (χ2n) is 5.74. The van der Waals surface area contributed by atoms with E-state index in [1.54, 1.807) is 0 Å². The van der Waals surface area contributed by atoms with Gasteiger partial charge in [0.2, 0.25) is 5.91 Å². The van der Waals surface area contributed by atoms with Crippen molar-refractivity contribution >= 4 is 18.3 Å². The lowest BCUT2D eigenvalue weighted by molar-refractivity contribution is -0.139. The summed E-state index contributed by atoms with van der Waals surface area (Å²) >= 11 is 0. The van der Waals surface area contributed by atoms with Gasteiger partial charge in [0.05, 0.1) is 18.2 Å². The largest absolute Gasteiger partial charge is 0.394 e. The lowest BCUT2D eigenvalue weighted by Crippen LogP contribution is -2.55. The molecule has 4 N–H and O–H groups in total. The van der Waals surface area contributed by atoms with Crippen molar-refractivity contribution in [2.45, 2.75) is 50.2 Å². The maximum Gasteiger partial charge on any atom is 0.242 e. The number of nitrogens with two attached hydrogens (primary N) is 1. The summed E-state index contributed by atoms with van der Waals surface area (Å²) in [6, 6.07) is 0. The number of hydrogen-bond donors (Lipinski definition) is 3. The normalized spacial score (nSPS) is 24.9. The van der Waals surface area contributed by atoms with Crippen LogP contribution in [0, 0.1) is 5.92 Å². The first-order chi connectivity index (χ1) is 8.57. The van der Waals surface area contributed by atoms with Crippen LogP contribution in [0.2, 0.25) is 0 Å². The van der Waals surface area contributed by atoms with E-state index in [-0.39, 0.29) is 30.8 Å². The molecule has 0 bridgehead atoms. The van der Waals surface area contributed by atoms with Gasteiger partial charge in [-0.15, -0.1) is 12.4 Å². The van der Waals surface area contributed by atoms with E-state index in [0.29, 0.717) is 13.1 Å². The maximum absolute atomic E-state index is 12.4. The van der Waals surface area contributed by atoms with E-state index < -0.39 is 11.6 Å². The van der Waals surface area contributed by atoms with Crippen molar-refractivity contribution in [2.24, 2.45) is 11.7 Å². The fourth-order valence-electron chi connectivity index (χ4n) is 3.17. The second kappa shape index (κ2) is 6.88. The number of halogens is 1. The van der Waals surface area contributed by atoms with Crippen LogP contribution in [0.15, 0.2) is 0 Å². The lowest BCUT2D eigenvalue weighted by Gasteiger charge is -2.37. The highest BCUT2D eigenvalue weighted by Crippen LogP contribution is 2.31. The van der Waals surface area contributed by atoms with Gasteiger partial charge in [-0.1, -0.05) is 12.8 Å². The third-order valence-corrected chi connectivity index (χ3v) is 4.48. The van der Waals surface area contributed by atoms with Crippen molar-refractivity contribution in [3.05, 3.63) is 0 Å². The SMILES string of the molecule is Cl.NC1(C(=O)N2CCC(C(O)CO)CC2)CCCC1. The molecule has 6 heteroatoms. The van der Waals surface area contributed by atoms with Crippen molar-refractivity contribution in [3.63, 3.8) is 0 Å². The standard InChI is InChI=1S/C13H24N2O3.ClH/c14-13(5-1-2-6-13)12(18)15-7-3-10(4-8-15)11(17)9-16;/h10-11,16-17H,1-9,14H2;1H. The predicted molar refractivity (Wildman–Crippen MR) is 75.0 cm³/mol. The molecule has 19 heavy (non-hydrogen) atoms. The molecular weight excluding hydrogens is 268 g/mol. The minimum atomic E-state index is -0.652. The Morgan fingerprint density at radius 3 is 2.32 bits per heavy atom. The maximum atomic E-state index is 12.4. The molecule has 1 atom stereocenters. The quantitative estimate of drug-likeness (QED) is 0.697. The first-order valence-corrected chi connectivity index (χ1v) is 6.94. The molecule has 1 amide bonds. The summed E-state index contributed by atoms with van der Waals surface area (Å²) in [7, 11) is 0. The molecule has 0 radical (unpaired) electrons. The van der Waals surface area contributed by atoms with Gasteiger partial charge >= 0.3 is 0 Å². The highest BCUT2D eigenvalue weighted by atomic mass is 35.5. The first-order valence-electron chi connectivity index (χ1n) is 6.94. The summed E-state index contributed by atoms with van der Waals surface area (Å²) in [6.45, 7) is 1.11. The number of amides is 1. The monoisotopic (exact) mass is 292 g/mol. The Kier molecular flexibility index (Phi) is 6.05. The zero-order valence-electron chi connectivity index (χ0n) is 11.3. The van der Waals surface area contributed by atoms with Crippen LogP contribution >= 0.6 is 12.4 Å². The van der Waals surface area contributed by atoms with Crippen LogP contribution in [0.5, 0.6) is 0 Å². The number of nitrogens with zero attached hydrogens (tertiary/aromatic N) is 1. The van der Waals surface area contributed by atoms with Gasteiger partial charge in [-0.3, -0.25) is 4.79 Å². The van der Waals surface area contributed by atoms with Crippen molar-refractivity contribution in [3.8, 4) is 0 Å². The molecule has 0 aromatic carbocycles. The molecule has 1 saturated heterocycles. The summed E-state index contributed by atoms with van der Waals surface area (Å²) in [5, 5.41) is 18.5. The third-order valence-electron chi connectivity index (χ3n) is 4.48. The van der Waals surface area contributed by atoms with Gasteiger partial charge in [-0.25, -0.2) is 0 Å². The Morgan fingerprint density at radius 1 is 1.32 bits per heavy atom. The van der Waals surface area contributed by atoms with Gasteiger partial charge in [-0.2, -0.15) is 0 Å². The second-order valence-corrected chi connectivity index (χ2v) is 5.74. The zero-order valence-corrected chi connectivity index (χ0v) is 12.1. The van der Waals surface area contributed by atoms with Gasteiger partial charge in [-0.05, 0) is 31.6 Å². The number of aliphatic hydroxyl groups is 2. The molecule has 5 nitrogen and oxygen atoms in total. The Bertz CT molecular complexity index is 300. The van der Waals surface area contributed by atoms with Gasteiger partial charge in [0.1, 0.15) is 0 Å². The summed E-state index contributed by atoms with van der Waals surface area (Å²) in [5.74, 6) is 0.188. The fourth-order valence-corrected chi connectivity index (χ4v) is 3.17. The van der Waals surface area contributed by atoms with Crippen LogP contribution in [-0.2, 0) is 4.79 Å². The van der Waals surface area contributed by atoms with Gasteiger partial charge in [0, 0.05) is 13.1 Å². The fraction of sp³-hybridized carbons (Fsp3) is 0.923. The van der Waals surface area contributed by atoms with Gasteiger partial charge < -0.3 is 20.8 Å². The summed E-state index contributed by atoms with van der Waals surface area (Å²) in [4.78, 5) is 14.2. The van der Waals surface area contributed by atoms with E-state index in [1.165, 1.54) is 0 Å². The van der Waals surface area contributed by atoms with Crippen LogP contribution in [-0.4, -0.2) is 52.4 Å². The molecule has 1 heterocycles. The number of rotatable bonds is 3. The van der Waals surface area contributed by atoms with Crippen LogP contribution in [0.1, 0.15) is 38.5 Å². The summed E-state index contributed by atoms with van der Waals surface area (Å²) in [6.07, 6.45) is 4.54. The number of hydrogen-bond acceptors (Lipinski definition) is 4. The van der Waals surface area contributed by atoms with Crippen molar-refractivity contribution in [2.75, 3.05) is 19.7 Å². The summed E-state index contributed by atoms with van der Waals surface area (Å²) < 4.78 is 0. The summed E-state index contributed by atoms with van der Waals surface area (Å²) in [5.41, 5.74) is 5.54. The molecule has 2 fully saturated rings. The topological polar surface area (TPSA) is 86.8 Å². The molecule has 1 aliphatic heterocycles. The van der Waals surface area contributed by atoms with Gasteiger partial charge in [0.15, 0.2) is 0 Å². The van der Waals surface area contributed by atoms with Crippen LogP contribution < -0.4 is 5.73 Å². The average molecular weight is 293 g/mol. The molecule has 1 aliphatic carbocycles. The number of carbonyl (C=O) groups is 1. The van der Waals surface area contributed by atoms with E-state index in [1.807, 2.05) is 4.90 Å².